The second-order valence-corrected chi connectivity index (χ2v) is 8.27. The van der Waals surface area contributed by atoms with Gasteiger partial charge in [0.05, 0.1) is 6.54 Å². The van der Waals surface area contributed by atoms with E-state index in [-0.39, 0.29) is 37.1 Å². The van der Waals surface area contributed by atoms with E-state index in [4.69, 9.17) is 0 Å². The Kier molecular flexibility index (Phi) is 4.89. The number of fused-ring (bicyclic) bond motifs is 2. The third-order valence-corrected chi connectivity index (χ3v) is 6.14. The lowest BCUT2D eigenvalue weighted by atomic mass is 10.1. The van der Waals surface area contributed by atoms with Crippen molar-refractivity contribution in [3.8, 4) is 0 Å². The molecule has 1 aliphatic rings. The normalized spacial score (nSPS) is 18.5. The molecule has 0 N–H and O–H groups in total. The average Bonchev–Trinajstić information content (AvgIpc) is 3.48. The molecule has 32 heavy (non-hydrogen) atoms. The Balaban J connectivity index is 1.43. The van der Waals surface area contributed by atoms with E-state index in [1.165, 1.54) is 16.4 Å². The van der Waals surface area contributed by atoms with E-state index in [1.54, 1.807) is 23.2 Å². The predicted octanol–water partition coefficient (Wildman–Crippen LogP) is 4.08. The van der Waals surface area contributed by atoms with Crippen LogP contribution < -0.4 is 0 Å². The van der Waals surface area contributed by atoms with E-state index in [1.807, 2.05) is 48.5 Å². The van der Waals surface area contributed by atoms with Crippen LogP contribution in [0.1, 0.15) is 28.5 Å². The monoisotopic (exact) mass is 431 g/mol. The van der Waals surface area contributed by atoms with Crippen molar-refractivity contribution in [2.75, 3.05) is 6.54 Å². The molecule has 0 radical (unpaired) electrons. The van der Waals surface area contributed by atoms with Crippen molar-refractivity contribution in [3.05, 3.63) is 72.7 Å². The number of hydrogen-bond acceptors (Lipinski definition) is 3. The van der Waals surface area contributed by atoms with Gasteiger partial charge in [0, 0.05) is 41.5 Å². The van der Waals surface area contributed by atoms with Gasteiger partial charge in [0.15, 0.2) is 5.78 Å². The number of ketones is 1. The van der Waals surface area contributed by atoms with Crippen LogP contribution in [0.5, 0.6) is 0 Å². The molecule has 5 rings (SSSR count). The van der Waals surface area contributed by atoms with E-state index < -0.39 is 12.2 Å². The summed E-state index contributed by atoms with van der Waals surface area (Å²) in [5, 5.41) is 2.58. The Morgan fingerprint density at radius 3 is 2.31 bits per heavy atom. The fourth-order valence-corrected chi connectivity index (χ4v) is 4.57. The van der Waals surface area contributed by atoms with E-state index in [2.05, 4.69) is 0 Å². The molecule has 0 spiro atoms. The molecule has 7 heteroatoms. The predicted molar refractivity (Wildman–Crippen MR) is 120 cm³/mol. The summed E-state index contributed by atoms with van der Waals surface area (Å²) in [5.74, 6) is -0.766. The van der Waals surface area contributed by atoms with Crippen molar-refractivity contribution in [1.82, 2.24) is 14.0 Å². The number of amides is 1. The van der Waals surface area contributed by atoms with Gasteiger partial charge >= 0.3 is 0 Å². The van der Waals surface area contributed by atoms with Gasteiger partial charge in [-0.25, -0.2) is 4.39 Å². The molecule has 1 amide bonds. The maximum absolute atomic E-state index is 14.4. The summed E-state index contributed by atoms with van der Waals surface area (Å²) in [6.45, 7) is 1.30. The third kappa shape index (κ3) is 3.39. The van der Waals surface area contributed by atoms with Crippen LogP contribution in [0.15, 0.2) is 67.1 Å². The highest BCUT2D eigenvalue weighted by molar-refractivity contribution is 6.07. The second-order valence-electron chi connectivity index (χ2n) is 8.27. The number of nitrogens with zero attached hydrogens (tertiary/aromatic N) is 3. The van der Waals surface area contributed by atoms with E-state index >= 15 is 0 Å². The zero-order valence-corrected chi connectivity index (χ0v) is 17.6. The van der Waals surface area contributed by atoms with Crippen LogP contribution in [0, 0.1) is 0 Å². The molecule has 2 atom stereocenters. The number of para-hydroxylation sites is 1. The first-order valence-electron chi connectivity index (χ1n) is 10.6. The number of alkyl halides is 1. The van der Waals surface area contributed by atoms with Gasteiger partial charge in [-0.05, 0) is 23.8 Å². The number of rotatable bonds is 4. The van der Waals surface area contributed by atoms with Crippen LogP contribution >= 0.6 is 0 Å². The van der Waals surface area contributed by atoms with Crippen LogP contribution in [0.25, 0.3) is 21.7 Å². The van der Waals surface area contributed by atoms with E-state index in [9.17, 15) is 18.8 Å². The lowest BCUT2D eigenvalue weighted by Gasteiger charge is -2.24. The summed E-state index contributed by atoms with van der Waals surface area (Å²) in [6, 6.07) is 14.1. The maximum atomic E-state index is 14.4. The molecule has 162 valence electrons. The Bertz CT molecular complexity index is 1340. The largest absolute Gasteiger partial charge is 0.337 e. The number of benzene rings is 2. The SMILES string of the molecule is CC(=O)c1cn(CC(=O)N2C[C@H](F)C[C@H]2C(=O)n2cc3ccccc3c2)c2ccccc12. The molecule has 0 bridgehead atoms. The molecule has 2 aromatic heterocycles. The summed E-state index contributed by atoms with van der Waals surface area (Å²) in [7, 11) is 0. The van der Waals surface area contributed by atoms with Crippen LogP contribution in [0.2, 0.25) is 0 Å². The van der Waals surface area contributed by atoms with Crippen molar-refractivity contribution in [2.45, 2.75) is 32.1 Å². The molecule has 4 aromatic rings. The first kappa shape index (κ1) is 20.2. The highest BCUT2D eigenvalue weighted by Crippen LogP contribution is 2.26. The summed E-state index contributed by atoms with van der Waals surface area (Å²) >= 11 is 0. The Morgan fingerprint density at radius 2 is 1.62 bits per heavy atom. The first-order chi connectivity index (χ1) is 15.4. The first-order valence-corrected chi connectivity index (χ1v) is 10.6. The molecule has 0 saturated carbocycles. The maximum Gasteiger partial charge on any atom is 0.253 e. The molecule has 0 unspecified atom stereocenters. The third-order valence-electron chi connectivity index (χ3n) is 6.14. The summed E-state index contributed by atoms with van der Waals surface area (Å²) in [5.41, 5.74) is 1.28. The molecular weight excluding hydrogens is 409 g/mol. The summed E-state index contributed by atoms with van der Waals surface area (Å²) in [4.78, 5) is 39.7. The molecule has 1 fully saturated rings. The number of carbonyl (C=O) groups excluding carboxylic acids is 3. The number of likely N-dealkylation sites (tertiary alicyclic amines) is 1. The lowest BCUT2D eigenvalue weighted by Crippen LogP contribution is -2.43. The Morgan fingerprint density at radius 1 is 0.969 bits per heavy atom. The quantitative estimate of drug-likeness (QED) is 0.458. The van der Waals surface area contributed by atoms with Crippen molar-refractivity contribution < 1.29 is 18.8 Å². The van der Waals surface area contributed by atoms with Gasteiger partial charge in [-0.2, -0.15) is 0 Å². The molecule has 1 saturated heterocycles. The van der Waals surface area contributed by atoms with Gasteiger partial charge < -0.3 is 9.47 Å². The van der Waals surface area contributed by atoms with Gasteiger partial charge in [-0.15, -0.1) is 0 Å². The minimum absolute atomic E-state index is 0.0236. The van der Waals surface area contributed by atoms with Crippen LogP contribution in [0.3, 0.4) is 0 Å². The molecule has 3 heterocycles. The number of hydrogen-bond donors (Lipinski definition) is 0. The fourth-order valence-electron chi connectivity index (χ4n) is 4.57. The number of Topliss-reactive ketones (excluding diaryl/α,β-unsaturated/α-hetero) is 1. The van der Waals surface area contributed by atoms with Gasteiger partial charge in [0.2, 0.25) is 5.91 Å². The van der Waals surface area contributed by atoms with E-state index in [0.717, 1.165) is 21.7 Å². The second kappa shape index (κ2) is 7.75. The van der Waals surface area contributed by atoms with Gasteiger partial charge in [0.1, 0.15) is 18.8 Å². The average molecular weight is 431 g/mol. The zero-order valence-electron chi connectivity index (χ0n) is 17.6. The molecular formula is C25H22FN3O3. The Hall–Kier alpha value is -3.74. The lowest BCUT2D eigenvalue weighted by molar-refractivity contribution is -0.132. The van der Waals surface area contributed by atoms with Gasteiger partial charge in [-0.1, -0.05) is 42.5 Å². The van der Waals surface area contributed by atoms with E-state index in [0.29, 0.717) is 5.56 Å². The highest BCUT2D eigenvalue weighted by atomic mass is 19.1. The molecule has 6 nitrogen and oxygen atoms in total. The van der Waals surface area contributed by atoms with Crippen molar-refractivity contribution in [3.63, 3.8) is 0 Å². The molecule has 1 aliphatic heterocycles. The highest BCUT2D eigenvalue weighted by Gasteiger charge is 2.40. The van der Waals surface area contributed by atoms with Crippen LogP contribution in [-0.2, 0) is 11.3 Å². The van der Waals surface area contributed by atoms with Gasteiger partial charge in [0.25, 0.3) is 5.91 Å². The number of halogens is 1. The number of carbonyl (C=O) groups is 3. The topological polar surface area (TPSA) is 64.3 Å². The van der Waals surface area contributed by atoms with Crippen molar-refractivity contribution in [2.24, 2.45) is 0 Å². The minimum Gasteiger partial charge on any atom is -0.337 e. The van der Waals surface area contributed by atoms with Crippen LogP contribution in [0.4, 0.5) is 4.39 Å². The van der Waals surface area contributed by atoms with Crippen molar-refractivity contribution in [1.29, 1.82) is 0 Å². The minimum atomic E-state index is -1.26. The fraction of sp³-hybridized carbons (Fsp3) is 0.240. The van der Waals surface area contributed by atoms with Crippen LogP contribution in [-0.4, -0.2) is 50.4 Å². The van der Waals surface area contributed by atoms with Crippen molar-refractivity contribution >= 4 is 39.3 Å². The summed E-state index contributed by atoms with van der Waals surface area (Å²) in [6.07, 6.45) is 3.80. The Labute approximate surface area is 183 Å². The summed E-state index contributed by atoms with van der Waals surface area (Å²) < 4.78 is 17.5. The zero-order chi connectivity index (χ0) is 22.4. The number of aromatic nitrogens is 2. The smallest absolute Gasteiger partial charge is 0.253 e. The molecule has 0 aliphatic carbocycles. The molecule has 2 aromatic carbocycles. The van der Waals surface area contributed by atoms with Gasteiger partial charge in [-0.3, -0.25) is 19.0 Å². The standard InChI is InChI=1S/C25H22FN3O3/c1-16(30)21-14-27(22-9-5-4-8-20(21)22)15-24(31)29-13-19(26)10-23(29)25(32)28-11-17-6-2-3-7-18(17)12-28/h2-9,11-12,14,19,23H,10,13,15H2,1H3/t19-,23+/m1/s1.